The summed E-state index contributed by atoms with van der Waals surface area (Å²) in [6, 6.07) is 0. The van der Waals surface area contributed by atoms with E-state index in [1.807, 2.05) is 4.57 Å². The highest BCUT2D eigenvalue weighted by Gasteiger charge is 2.19. The number of carbonyl (C=O) groups is 1. The number of aromatic nitrogens is 3. The summed E-state index contributed by atoms with van der Waals surface area (Å²) in [5.41, 5.74) is 0. The molecule has 0 saturated heterocycles. The van der Waals surface area contributed by atoms with Gasteiger partial charge in [-0.15, -0.1) is 10.2 Å². The molecule has 4 nitrogen and oxygen atoms in total. The molecule has 0 saturated carbocycles. The first-order valence-electron chi connectivity index (χ1n) is 4.18. The molecule has 4 heteroatoms. The van der Waals surface area contributed by atoms with Crippen molar-refractivity contribution in [2.75, 3.05) is 0 Å². The number of hydrogen-bond acceptors (Lipinski definition) is 3. The Morgan fingerprint density at radius 2 is 2.42 bits per heavy atom. The largest absolute Gasteiger partial charge is 0.309 e. The Kier molecular flexibility index (Phi) is 1.67. The molecule has 1 unspecified atom stereocenters. The molecule has 0 spiro atoms. The second-order valence-electron chi connectivity index (χ2n) is 3.34. The van der Waals surface area contributed by atoms with Crippen LogP contribution in [0, 0.1) is 5.92 Å². The first-order chi connectivity index (χ1) is 5.81. The van der Waals surface area contributed by atoms with E-state index in [-0.39, 0.29) is 0 Å². The molecule has 0 fully saturated rings. The number of rotatable bonds is 1. The van der Waals surface area contributed by atoms with Crippen molar-refractivity contribution in [3.8, 4) is 0 Å². The van der Waals surface area contributed by atoms with E-state index in [2.05, 4.69) is 17.1 Å². The second-order valence-corrected chi connectivity index (χ2v) is 3.34. The fourth-order valence-corrected chi connectivity index (χ4v) is 1.59. The van der Waals surface area contributed by atoms with Crippen molar-refractivity contribution in [3.63, 3.8) is 0 Å². The van der Waals surface area contributed by atoms with Gasteiger partial charge >= 0.3 is 0 Å². The zero-order valence-electron chi connectivity index (χ0n) is 7.03. The van der Waals surface area contributed by atoms with Crippen LogP contribution >= 0.6 is 0 Å². The van der Waals surface area contributed by atoms with E-state index in [4.69, 9.17) is 0 Å². The molecule has 1 atom stereocenters. The Morgan fingerprint density at radius 1 is 1.58 bits per heavy atom. The number of aldehydes is 1. The van der Waals surface area contributed by atoms with Gasteiger partial charge in [-0.1, -0.05) is 6.92 Å². The number of carbonyl (C=O) groups excluding carboxylic acids is 1. The van der Waals surface area contributed by atoms with Crippen LogP contribution < -0.4 is 0 Å². The highest BCUT2D eigenvalue weighted by Crippen LogP contribution is 2.18. The lowest BCUT2D eigenvalue weighted by atomic mass is 10.0. The second kappa shape index (κ2) is 2.69. The number of hydrogen-bond donors (Lipinski definition) is 0. The summed E-state index contributed by atoms with van der Waals surface area (Å²) in [6.45, 7) is 3.08. The van der Waals surface area contributed by atoms with Crippen LogP contribution in [0.15, 0.2) is 0 Å². The predicted molar refractivity (Wildman–Crippen MR) is 42.9 cm³/mol. The van der Waals surface area contributed by atoms with Gasteiger partial charge in [0.1, 0.15) is 5.82 Å². The monoisotopic (exact) mass is 165 g/mol. The molecule has 1 aliphatic heterocycles. The van der Waals surface area contributed by atoms with Crippen LogP contribution in [0.2, 0.25) is 0 Å². The first-order valence-corrected chi connectivity index (χ1v) is 4.18. The van der Waals surface area contributed by atoms with Crippen LogP contribution in [0.25, 0.3) is 0 Å². The summed E-state index contributed by atoms with van der Waals surface area (Å²) in [7, 11) is 0. The van der Waals surface area contributed by atoms with E-state index in [0.717, 1.165) is 31.5 Å². The van der Waals surface area contributed by atoms with Crippen LogP contribution in [0.3, 0.4) is 0 Å². The van der Waals surface area contributed by atoms with Crippen molar-refractivity contribution >= 4 is 6.29 Å². The van der Waals surface area contributed by atoms with Crippen LogP contribution in [-0.4, -0.2) is 21.1 Å². The third kappa shape index (κ3) is 1.03. The molecular weight excluding hydrogens is 154 g/mol. The van der Waals surface area contributed by atoms with Gasteiger partial charge in [-0.2, -0.15) is 0 Å². The van der Waals surface area contributed by atoms with Crippen molar-refractivity contribution in [1.82, 2.24) is 14.8 Å². The summed E-state index contributed by atoms with van der Waals surface area (Å²) < 4.78 is 1.91. The summed E-state index contributed by atoms with van der Waals surface area (Å²) >= 11 is 0. The number of fused-ring (bicyclic) bond motifs is 1. The SMILES string of the molecule is CC1CCn2c(C=O)nnc2C1. The van der Waals surface area contributed by atoms with Gasteiger partial charge in [0.15, 0.2) is 12.1 Å². The molecular formula is C8H11N3O. The van der Waals surface area contributed by atoms with Crippen molar-refractivity contribution < 1.29 is 4.79 Å². The first kappa shape index (κ1) is 7.46. The van der Waals surface area contributed by atoms with E-state index in [1.165, 1.54) is 0 Å². The standard InChI is InChI=1S/C8H11N3O/c1-6-2-3-11-7(4-6)9-10-8(11)5-12/h5-6H,2-4H2,1H3. The molecule has 0 N–H and O–H groups in total. The average Bonchev–Trinajstić information content (AvgIpc) is 2.46. The normalized spacial score (nSPS) is 21.9. The van der Waals surface area contributed by atoms with Gasteiger partial charge in [0.25, 0.3) is 0 Å². The Balaban J connectivity index is 2.38. The van der Waals surface area contributed by atoms with Crippen molar-refractivity contribution in [3.05, 3.63) is 11.6 Å². The average molecular weight is 165 g/mol. The van der Waals surface area contributed by atoms with Gasteiger partial charge in [-0.05, 0) is 12.3 Å². The third-order valence-electron chi connectivity index (χ3n) is 2.34. The van der Waals surface area contributed by atoms with Crippen LogP contribution in [0.1, 0.15) is 29.8 Å². The van der Waals surface area contributed by atoms with Crippen molar-refractivity contribution in [2.24, 2.45) is 5.92 Å². The summed E-state index contributed by atoms with van der Waals surface area (Å²) in [5, 5.41) is 7.76. The van der Waals surface area contributed by atoms with Crippen molar-refractivity contribution in [2.45, 2.75) is 26.3 Å². The molecule has 2 rings (SSSR count). The lowest BCUT2D eigenvalue weighted by Crippen LogP contribution is -2.18. The molecule has 2 heterocycles. The molecule has 12 heavy (non-hydrogen) atoms. The molecule has 1 aliphatic rings. The van der Waals surface area contributed by atoms with Gasteiger partial charge in [0, 0.05) is 13.0 Å². The van der Waals surface area contributed by atoms with Gasteiger partial charge in [0.05, 0.1) is 0 Å². The fourth-order valence-electron chi connectivity index (χ4n) is 1.59. The summed E-state index contributed by atoms with van der Waals surface area (Å²) in [6.07, 6.45) is 2.83. The minimum absolute atomic E-state index is 0.469. The van der Waals surface area contributed by atoms with E-state index in [9.17, 15) is 4.79 Å². The van der Waals surface area contributed by atoms with Gasteiger partial charge in [0.2, 0.25) is 0 Å². The fraction of sp³-hybridized carbons (Fsp3) is 0.625. The topological polar surface area (TPSA) is 47.8 Å². The van der Waals surface area contributed by atoms with E-state index in [1.54, 1.807) is 0 Å². The highest BCUT2D eigenvalue weighted by atomic mass is 16.1. The van der Waals surface area contributed by atoms with Crippen LogP contribution in [-0.2, 0) is 13.0 Å². The molecule has 0 aromatic carbocycles. The predicted octanol–water partition coefficient (Wildman–Crippen LogP) is 0.673. The summed E-state index contributed by atoms with van der Waals surface area (Å²) in [4.78, 5) is 10.5. The minimum Gasteiger partial charge on any atom is -0.309 e. The maximum Gasteiger partial charge on any atom is 0.196 e. The lowest BCUT2D eigenvalue weighted by Gasteiger charge is -2.18. The Bertz CT molecular complexity index is 305. The zero-order chi connectivity index (χ0) is 8.55. The Labute approximate surface area is 70.6 Å². The summed E-state index contributed by atoms with van der Waals surface area (Å²) in [5.74, 6) is 2.09. The molecule has 1 aromatic heterocycles. The molecule has 0 amide bonds. The maximum atomic E-state index is 10.5. The molecule has 0 aliphatic carbocycles. The van der Waals surface area contributed by atoms with Gasteiger partial charge < -0.3 is 4.57 Å². The van der Waals surface area contributed by atoms with Crippen LogP contribution in [0.4, 0.5) is 0 Å². The smallest absolute Gasteiger partial charge is 0.196 e. The van der Waals surface area contributed by atoms with Gasteiger partial charge in [-0.25, -0.2) is 0 Å². The quantitative estimate of drug-likeness (QED) is 0.575. The maximum absolute atomic E-state index is 10.5. The van der Waals surface area contributed by atoms with E-state index in [0.29, 0.717) is 11.7 Å². The minimum atomic E-state index is 0.469. The van der Waals surface area contributed by atoms with Crippen LogP contribution in [0.5, 0.6) is 0 Å². The van der Waals surface area contributed by atoms with Gasteiger partial charge in [-0.3, -0.25) is 4.79 Å². The van der Waals surface area contributed by atoms with E-state index < -0.39 is 0 Å². The molecule has 64 valence electrons. The number of nitrogens with zero attached hydrogens (tertiary/aromatic N) is 3. The Morgan fingerprint density at radius 3 is 3.17 bits per heavy atom. The third-order valence-corrected chi connectivity index (χ3v) is 2.34. The highest BCUT2D eigenvalue weighted by molar-refractivity contribution is 5.69. The van der Waals surface area contributed by atoms with Crippen molar-refractivity contribution in [1.29, 1.82) is 0 Å². The van der Waals surface area contributed by atoms with E-state index >= 15 is 0 Å². The Hall–Kier alpha value is -1.19. The lowest BCUT2D eigenvalue weighted by molar-refractivity contribution is 0.110. The zero-order valence-corrected chi connectivity index (χ0v) is 7.03. The molecule has 0 radical (unpaired) electrons. The molecule has 1 aromatic rings. The molecule has 0 bridgehead atoms.